The Kier molecular flexibility index (Phi) is 6.65. The summed E-state index contributed by atoms with van der Waals surface area (Å²) < 4.78 is 31.5. The van der Waals surface area contributed by atoms with Gasteiger partial charge in [0, 0.05) is 31.8 Å². The van der Waals surface area contributed by atoms with Crippen LogP contribution in [0, 0.1) is 0 Å². The van der Waals surface area contributed by atoms with Crippen molar-refractivity contribution in [3.05, 3.63) is 42.0 Å². The van der Waals surface area contributed by atoms with Crippen molar-refractivity contribution in [3.8, 4) is 0 Å². The molecule has 136 valence electrons. The third-order valence-corrected chi connectivity index (χ3v) is 4.84. The molecule has 0 aliphatic carbocycles. The van der Waals surface area contributed by atoms with Gasteiger partial charge < -0.3 is 9.84 Å². The van der Waals surface area contributed by atoms with E-state index in [1.165, 1.54) is 12.1 Å². The van der Waals surface area contributed by atoms with Crippen molar-refractivity contribution in [3.63, 3.8) is 0 Å². The van der Waals surface area contributed by atoms with Gasteiger partial charge in [0.25, 0.3) is 0 Å². The number of aryl methyl sites for hydroxylation is 1. The lowest BCUT2D eigenvalue weighted by molar-refractivity contribution is -0.121. The molecule has 25 heavy (non-hydrogen) atoms. The van der Waals surface area contributed by atoms with Gasteiger partial charge >= 0.3 is 0 Å². The maximum absolute atomic E-state index is 12.0. The normalized spacial score (nSPS) is 11.6. The monoisotopic (exact) mass is 366 g/mol. The molecule has 2 rings (SSSR count). The van der Waals surface area contributed by atoms with Gasteiger partial charge in [-0.2, -0.15) is 4.98 Å². The first-order chi connectivity index (χ1) is 11.9. The molecule has 2 aromatic rings. The van der Waals surface area contributed by atoms with Gasteiger partial charge in [0.05, 0.1) is 4.90 Å². The molecule has 0 saturated carbocycles. The fourth-order valence-corrected chi connectivity index (χ4v) is 3.04. The number of carbonyl (C=O) groups is 1. The number of sulfonamides is 1. The van der Waals surface area contributed by atoms with Crippen LogP contribution in [-0.4, -0.2) is 37.6 Å². The van der Waals surface area contributed by atoms with Gasteiger partial charge in [0.15, 0.2) is 5.82 Å². The Morgan fingerprint density at radius 2 is 1.92 bits per heavy atom. The molecule has 8 nitrogen and oxygen atoms in total. The summed E-state index contributed by atoms with van der Waals surface area (Å²) in [5.74, 6) is 1.00. The number of nitrogens with zero attached hydrogens (tertiary/aromatic N) is 2. The molecular weight excluding hydrogens is 344 g/mol. The van der Waals surface area contributed by atoms with E-state index in [2.05, 4.69) is 20.2 Å². The van der Waals surface area contributed by atoms with Crippen LogP contribution in [0.15, 0.2) is 39.8 Å². The highest BCUT2D eigenvalue weighted by Gasteiger charge is 2.13. The summed E-state index contributed by atoms with van der Waals surface area (Å²) in [4.78, 5) is 16.2. The molecule has 2 N–H and O–H groups in total. The minimum absolute atomic E-state index is 0.112. The van der Waals surface area contributed by atoms with Crippen LogP contribution >= 0.6 is 0 Å². The molecule has 1 heterocycles. The van der Waals surface area contributed by atoms with E-state index in [9.17, 15) is 13.2 Å². The largest absolute Gasteiger partial charge is 0.355 e. The molecule has 1 aromatic carbocycles. The van der Waals surface area contributed by atoms with Crippen LogP contribution in [-0.2, 0) is 21.2 Å². The van der Waals surface area contributed by atoms with E-state index in [1.807, 2.05) is 13.8 Å². The number of amides is 1. The number of carbonyl (C=O) groups excluding carboxylic acids is 1. The van der Waals surface area contributed by atoms with Crippen molar-refractivity contribution >= 4 is 15.9 Å². The van der Waals surface area contributed by atoms with E-state index in [1.54, 1.807) is 18.2 Å². The van der Waals surface area contributed by atoms with E-state index in [0.717, 1.165) is 0 Å². The zero-order valence-corrected chi connectivity index (χ0v) is 15.0. The Balaban J connectivity index is 1.68. The number of benzene rings is 1. The minimum atomic E-state index is -3.55. The van der Waals surface area contributed by atoms with E-state index >= 15 is 0 Å². The average Bonchev–Trinajstić information content (AvgIpc) is 3.07. The zero-order chi connectivity index (χ0) is 18.3. The highest BCUT2D eigenvalue weighted by Crippen LogP contribution is 2.10. The van der Waals surface area contributed by atoms with Crippen molar-refractivity contribution in [1.29, 1.82) is 0 Å². The second kappa shape index (κ2) is 8.72. The molecule has 9 heteroatoms. The molecule has 1 amide bonds. The summed E-state index contributed by atoms with van der Waals surface area (Å²) in [6.45, 7) is 4.22. The van der Waals surface area contributed by atoms with E-state index in [-0.39, 0.29) is 36.2 Å². The Morgan fingerprint density at radius 1 is 1.20 bits per heavy atom. The van der Waals surface area contributed by atoms with Crippen molar-refractivity contribution < 1.29 is 17.7 Å². The fourth-order valence-electron chi connectivity index (χ4n) is 1.98. The van der Waals surface area contributed by atoms with Crippen LogP contribution in [0.5, 0.6) is 0 Å². The molecule has 0 spiro atoms. The number of aromatic nitrogens is 2. The Morgan fingerprint density at radius 3 is 2.56 bits per heavy atom. The van der Waals surface area contributed by atoms with E-state index in [0.29, 0.717) is 18.1 Å². The lowest BCUT2D eigenvalue weighted by Gasteiger charge is -2.07. The van der Waals surface area contributed by atoms with Gasteiger partial charge in [0.2, 0.25) is 21.8 Å². The molecule has 0 saturated heterocycles. The average molecular weight is 366 g/mol. The highest BCUT2D eigenvalue weighted by atomic mass is 32.2. The predicted molar refractivity (Wildman–Crippen MR) is 91.3 cm³/mol. The maximum atomic E-state index is 12.0. The van der Waals surface area contributed by atoms with Crippen molar-refractivity contribution in [2.45, 2.75) is 37.5 Å². The van der Waals surface area contributed by atoms with Crippen molar-refractivity contribution in [2.24, 2.45) is 0 Å². The topological polar surface area (TPSA) is 114 Å². The summed E-state index contributed by atoms with van der Waals surface area (Å²) in [7, 11) is -3.55. The van der Waals surface area contributed by atoms with Gasteiger partial charge in [-0.05, 0) is 12.1 Å². The number of hydrogen-bond donors (Lipinski definition) is 2. The Hall–Kier alpha value is -2.26. The summed E-state index contributed by atoms with van der Waals surface area (Å²) in [6.07, 6.45) is 0.548. The fraction of sp³-hybridized carbons (Fsp3) is 0.438. The van der Waals surface area contributed by atoms with E-state index < -0.39 is 10.0 Å². The number of nitrogens with one attached hydrogen (secondary N) is 2. The number of hydrogen-bond acceptors (Lipinski definition) is 6. The van der Waals surface area contributed by atoms with Crippen LogP contribution in [0.1, 0.15) is 37.9 Å². The molecule has 1 aromatic heterocycles. The molecule has 0 unspecified atom stereocenters. The lowest BCUT2D eigenvalue weighted by Crippen LogP contribution is -2.34. The van der Waals surface area contributed by atoms with Gasteiger partial charge in [-0.25, -0.2) is 13.1 Å². The predicted octanol–water partition coefficient (Wildman–Crippen LogP) is 1.22. The summed E-state index contributed by atoms with van der Waals surface area (Å²) in [5.41, 5.74) is 0. The van der Waals surface area contributed by atoms with Crippen LogP contribution in [0.25, 0.3) is 0 Å². The van der Waals surface area contributed by atoms with Crippen LogP contribution in [0.3, 0.4) is 0 Å². The lowest BCUT2D eigenvalue weighted by atomic mass is 10.2. The van der Waals surface area contributed by atoms with Gasteiger partial charge in [-0.3, -0.25) is 4.79 Å². The first kappa shape index (κ1) is 19.1. The summed E-state index contributed by atoms with van der Waals surface area (Å²) in [5, 5.41) is 6.48. The first-order valence-electron chi connectivity index (χ1n) is 8.02. The van der Waals surface area contributed by atoms with E-state index in [4.69, 9.17) is 4.52 Å². The Labute approximate surface area is 147 Å². The third-order valence-electron chi connectivity index (χ3n) is 3.36. The minimum Gasteiger partial charge on any atom is -0.355 e. The molecule has 0 aliphatic rings. The molecule has 0 aliphatic heterocycles. The van der Waals surface area contributed by atoms with Gasteiger partial charge in [-0.15, -0.1) is 0 Å². The standard InChI is InChI=1S/C16H22N4O4S/c1-12(2)16-19-15(24-20-16)9-8-14(21)17-10-11-18-25(22,23)13-6-4-3-5-7-13/h3-7,12,18H,8-11H2,1-2H3,(H,17,21). The molecule has 0 fully saturated rings. The highest BCUT2D eigenvalue weighted by molar-refractivity contribution is 7.89. The third kappa shape index (κ3) is 5.95. The van der Waals surface area contributed by atoms with Crippen LogP contribution < -0.4 is 10.0 Å². The molecule has 0 atom stereocenters. The number of rotatable bonds is 9. The Bertz CT molecular complexity index is 787. The van der Waals surface area contributed by atoms with Gasteiger partial charge in [0.1, 0.15) is 0 Å². The molecular formula is C16H22N4O4S. The van der Waals surface area contributed by atoms with Gasteiger partial charge in [-0.1, -0.05) is 37.2 Å². The quantitative estimate of drug-likeness (QED) is 0.645. The van der Waals surface area contributed by atoms with Crippen molar-refractivity contribution in [2.75, 3.05) is 13.1 Å². The maximum Gasteiger partial charge on any atom is 0.240 e. The zero-order valence-electron chi connectivity index (χ0n) is 14.2. The van der Waals surface area contributed by atoms with Crippen LogP contribution in [0.2, 0.25) is 0 Å². The molecule has 0 radical (unpaired) electrons. The first-order valence-corrected chi connectivity index (χ1v) is 9.50. The second-order valence-corrected chi connectivity index (χ2v) is 7.53. The summed E-state index contributed by atoms with van der Waals surface area (Å²) >= 11 is 0. The summed E-state index contributed by atoms with van der Waals surface area (Å²) in [6, 6.07) is 8.07. The second-order valence-electron chi connectivity index (χ2n) is 5.76. The SMILES string of the molecule is CC(C)c1noc(CCC(=O)NCCNS(=O)(=O)c2ccccc2)n1. The molecule has 0 bridgehead atoms. The van der Waals surface area contributed by atoms with Crippen molar-refractivity contribution in [1.82, 2.24) is 20.2 Å². The van der Waals surface area contributed by atoms with Crippen LogP contribution in [0.4, 0.5) is 0 Å². The smallest absolute Gasteiger partial charge is 0.240 e.